The van der Waals surface area contributed by atoms with E-state index in [0.717, 1.165) is 30.1 Å². The van der Waals surface area contributed by atoms with Gasteiger partial charge in [0, 0.05) is 28.6 Å². The van der Waals surface area contributed by atoms with E-state index in [0.29, 0.717) is 16.7 Å². The molecule has 7 heteroatoms. The molecule has 2 heterocycles. The molecular formula is C12H20N2O2S3. The first-order chi connectivity index (χ1) is 9.12. The largest absolute Gasteiger partial charge is 0.312 e. The predicted octanol–water partition coefficient (Wildman–Crippen LogP) is 2.03. The molecule has 1 aromatic rings. The Hall–Kier alpha value is -0.0800. The summed E-state index contributed by atoms with van der Waals surface area (Å²) in [6.45, 7) is 4.20. The van der Waals surface area contributed by atoms with Crippen LogP contribution < -0.4 is 10.0 Å². The molecule has 0 aromatic carbocycles. The number of hydrogen-bond acceptors (Lipinski definition) is 5. The maximum atomic E-state index is 12.1. The standard InChI is InChI=1S/C12H20N2O2S3/c1-2-13-7-11-6-12(9-18-11)19(15,16)14-8-10-4-3-5-17-10/h6,9-10,13-14H,2-5,7-8H2,1H3. The number of sulfonamides is 1. The van der Waals surface area contributed by atoms with Gasteiger partial charge < -0.3 is 5.32 Å². The topological polar surface area (TPSA) is 58.2 Å². The average molecular weight is 321 g/mol. The molecule has 0 saturated carbocycles. The summed E-state index contributed by atoms with van der Waals surface area (Å²) >= 11 is 3.35. The first-order valence-corrected chi connectivity index (χ1v) is 9.92. The number of nitrogens with one attached hydrogen (secondary N) is 2. The SMILES string of the molecule is CCNCc1cc(S(=O)(=O)NCC2CCCS2)cs1. The summed E-state index contributed by atoms with van der Waals surface area (Å²) < 4.78 is 27.0. The Bertz CT molecular complexity index is 493. The van der Waals surface area contributed by atoms with Gasteiger partial charge in [-0.1, -0.05) is 6.92 Å². The van der Waals surface area contributed by atoms with Gasteiger partial charge in [-0.15, -0.1) is 11.3 Å². The van der Waals surface area contributed by atoms with E-state index >= 15 is 0 Å². The van der Waals surface area contributed by atoms with Gasteiger partial charge >= 0.3 is 0 Å². The van der Waals surface area contributed by atoms with Crippen LogP contribution >= 0.6 is 23.1 Å². The monoisotopic (exact) mass is 320 g/mol. The van der Waals surface area contributed by atoms with Crippen molar-refractivity contribution in [1.29, 1.82) is 0 Å². The van der Waals surface area contributed by atoms with E-state index in [4.69, 9.17) is 0 Å². The van der Waals surface area contributed by atoms with E-state index < -0.39 is 10.0 Å². The van der Waals surface area contributed by atoms with E-state index in [9.17, 15) is 8.42 Å². The third-order valence-corrected chi connectivity index (χ3v) is 6.90. The molecule has 2 N–H and O–H groups in total. The minimum Gasteiger partial charge on any atom is -0.312 e. The van der Waals surface area contributed by atoms with Crippen molar-refractivity contribution in [1.82, 2.24) is 10.0 Å². The van der Waals surface area contributed by atoms with E-state index in [1.54, 1.807) is 11.4 Å². The zero-order chi connectivity index (χ0) is 13.7. The zero-order valence-electron chi connectivity index (χ0n) is 11.0. The second-order valence-electron chi connectivity index (χ2n) is 4.52. The molecule has 4 nitrogen and oxygen atoms in total. The van der Waals surface area contributed by atoms with Gasteiger partial charge in [-0.25, -0.2) is 13.1 Å². The number of thiophene rings is 1. The molecule has 2 rings (SSSR count). The van der Waals surface area contributed by atoms with Gasteiger partial charge in [0.2, 0.25) is 10.0 Å². The lowest BCUT2D eigenvalue weighted by Crippen LogP contribution is -2.29. The molecule has 0 bridgehead atoms. The summed E-state index contributed by atoms with van der Waals surface area (Å²) in [7, 11) is -3.33. The quantitative estimate of drug-likeness (QED) is 0.807. The Balaban J connectivity index is 1.92. The highest BCUT2D eigenvalue weighted by Crippen LogP contribution is 2.26. The van der Waals surface area contributed by atoms with Gasteiger partial charge in [-0.2, -0.15) is 11.8 Å². The molecule has 1 fully saturated rings. The summed E-state index contributed by atoms with van der Waals surface area (Å²) in [5.74, 6) is 1.15. The summed E-state index contributed by atoms with van der Waals surface area (Å²) in [5, 5.41) is 5.36. The van der Waals surface area contributed by atoms with Gasteiger partial charge in [0.1, 0.15) is 0 Å². The molecule has 1 atom stereocenters. The maximum Gasteiger partial charge on any atom is 0.241 e. The van der Waals surface area contributed by atoms with E-state index in [1.165, 1.54) is 17.8 Å². The first-order valence-electron chi connectivity index (χ1n) is 6.51. The van der Waals surface area contributed by atoms with Gasteiger partial charge in [0.25, 0.3) is 0 Å². The third kappa shape index (κ3) is 4.46. The Kier molecular flexibility index (Phi) is 5.70. The van der Waals surface area contributed by atoms with E-state index in [2.05, 4.69) is 10.0 Å². The average Bonchev–Trinajstić information content (AvgIpc) is 3.05. The minimum atomic E-state index is -3.33. The molecule has 1 unspecified atom stereocenters. The fourth-order valence-corrected chi connectivity index (χ4v) is 5.57. The summed E-state index contributed by atoms with van der Waals surface area (Å²) in [4.78, 5) is 1.45. The molecule has 1 aliphatic rings. The second kappa shape index (κ2) is 7.08. The highest BCUT2D eigenvalue weighted by atomic mass is 32.2. The lowest BCUT2D eigenvalue weighted by molar-refractivity contribution is 0.579. The van der Waals surface area contributed by atoms with Gasteiger partial charge in [0.15, 0.2) is 0 Å². The lowest BCUT2D eigenvalue weighted by Gasteiger charge is -2.09. The van der Waals surface area contributed by atoms with Gasteiger partial charge in [-0.05, 0) is 31.2 Å². The molecular weight excluding hydrogens is 300 g/mol. The lowest BCUT2D eigenvalue weighted by atomic mass is 10.2. The third-order valence-electron chi connectivity index (χ3n) is 3.01. The van der Waals surface area contributed by atoms with Crippen molar-refractivity contribution in [3.8, 4) is 0 Å². The molecule has 0 amide bonds. The van der Waals surface area contributed by atoms with Crippen molar-refractivity contribution in [2.24, 2.45) is 0 Å². The number of rotatable bonds is 7. The van der Waals surface area contributed by atoms with E-state index in [1.807, 2.05) is 18.7 Å². The minimum absolute atomic E-state index is 0.397. The Morgan fingerprint density at radius 1 is 1.47 bits per heavy atom. The van der Waals surface area contributed by atoms with Crippen LogP contribution in [-0.4, -0.2) is 32.5 Å². The highest BCUT2D eigenvalue weighted by Gasteiger charge is 2.20. The van der Waals surface area contributed by atoms with Gasteiger partial charge in [0.05, 0.1) is 4.90 Å². The van der Waals surface area contributed by atoms with Crippen molar-refractivity contribution in [3.63, 3.8) is 0 Å². The Morgan fingerprint density at radius 3 is 3.00 bits per heavy atom. The molecule has 1 aromatic heterocycles. The van der Waals surface area contributed by atoms with Crippen molar-refractivity contribution >= 4 is 33.1 Å². The van der Waals surface area contributed by atoms with Crippen LogP contribution in [0.3, 0.4) is 0 Å². The molecule has 108 valence electrons. The maximum absolute atomic E-state index is 12.1. The van der Waals surface area contributed by atoms with Crippen molar-refractivity contribution in [2.45, 2.75) is 36.5 Å². The van der Waals surface area contributed by atoms with Crippen LogP contribution in [0.15, 0.2) is 16.3 Å². The summed E-state index contributed by atoms with van der Waals surface area (Å²) in [5.41, 5.74) is 0. The van der Waals surface area contributed by atoms with Crippen LogP contribution in [0.2, 0.25) is 0 Å². The fourth-order valence-electron chi connectivity index (χ4n) is 1.93. The molecule has 1 aliphatic heterocycles. The van der Waals surface area contributed by atoms with Crippen LogP contribution in [0, 0.1) is 0 Å². The van der Waals surface area contributed by atoms with Crippen LogP contribution in [0.4, 0.5) is 0 Å². The molecule has 1 saturated heterocycles. The number of thioether (sulfide) groups is 1. The summed E-state index contributed by atoms with van der Waals surface area (Å²) in [6, 6.07) is 1.76. The van der Waals surface area contributed by atoms with Crippen LogP contribution in [0.25, 0.3) is 0 Å². The predicted molar refractivity (Wildman–Crippen MR) is 82.4 cm³/mol. The van der Waals surface area contributed by atoms with Crippen LogP contribution in [0.5, 0.6) is 0 Å². The van der Waals surface area contributed by atoms with Gasteiger partial charge in [-0.3, -0.25) is 0 Å². The highest BCUT2D eigenvalue weighted by molar-refractivity contribution is 8.00. The Morgan fingerprint density at radius 2 is 2.32 bits per heavy atom. The Labute approximate surface area is 123 Å². The fraction of sp³-hybridized carbons (Fsp3) is 0.667. The molecule has 0 spiro atoms. The van der Waals surface area contributed by atoms with Crippen LogP contribution in [0.1, 0.15) is 24.6 Å². The second-order valence-corrected chi connectivity index (χ2v) is 8.69. The number of hydrogen-bond donors (Lipinski definition) is 2. The molecule has 19 heavy (non-hydrogen) atoms. The normalized spacial score (nSPS) is 19.9. The van der Waals surface area contributed by atoms with E-state index in [-0.39, 0.29) is 0 Å². The first kappa shape index (κ1) is 15.3. The summed E-state index contributed by atoms with van der Waals surface area (Å²) in [6.07, 6.45) is 2.31. The van der Waals surface area contributed by atoms with Crippen molar-refractivity contribution in [3.05, 3.63) is 16.3 Å². The zero-order valence-corrected chi connectivity index (χ0v) is 13.5. The van der Waals surface area contributed by atoms with Crippen LogP contribution in [-0.2, 0) is 16.6 Å². The van der Waals surface area contributed by atoms with Crippen molar-refractivity contribution < 1.29 is 8.42 Å². The molecule has 0 aliphatic carbocycles. The molecule has 0 radical (unpaired) electrons. The smallest absolute Gasteiger partial charge is 0.241 e. The van der Waals surface area contributed by atoms with Crippen molar-refractivity contribution in [2.75, 3.05) is 18.8 Å².